The van der Waals surface area contributed by atoms with Crippen LogP contribution in [-0.2, 0) is 9.59 Å². The van der Waals surface area contributed by atoms with Crippen LogP contribution in [0.2, 0.25) is 0 Å². The largest absolute Gasteiger partial charge is 0.346 e. The molecule has 0 aliphatic rings. The van der Waals surface area contributed by atoms with Crippen molar-refractivity contribution in [2.45, 2.75) is 4.90 Å². The number of amides is 2. The van der Waals surface area contributed by atoms with Gasteiger partial charge in [-0.2, -0.15) is 0 Å². The van der Waals surface area contributed by atoms with E-state index in [2.05, 4.69) is 26.6 Å². The van der Waals surface area contributed by atoms with E-state index < -0.39 is 17.5 Å². The number of hydrogen-bond donors (Lipinski definition) is 2. The molecule has 0 unspecified atom stereocenters. The number of anilines is 1. The minimum atomic E-state index is -1.05. The van der Waals surface area contributed by atoms with Crippen molar-refractivity contribution in [2.24, 2.45) is 0 Å². The molecule has 0 saturated heterocycles. The van der Waals surface area contributed by atoms with Crippen LogP contribution in [0.4, 0.5) is 14.5 Å². The lowest BCUT2D eigenvalue weighted by Crippen LogP contribution is -2.33. The van der Waals surface area contributed by atoms with Crippen LogP contribution in [0.5, 0.6) is 0 Å². The van der Waals surface area contributed by atoms with E-state index in [0.717, 1.165) is 21.5 Å². The van der Waals surface area contributed by atoms with Gasteiger partial charge in [0.1, 0.15) is 0 Å². The summed E-state index contributed by atoms with van der Waals surface area (Å²) < 4.78 is 26.7. The number of halogens is 3. The summed E-state index contributed by atoms with van der Waals surface area (Å²) in [5.74, 6) is -2.72. The van der Waals surface area contributed by atoms with Gasteiger partial charge in [-0.15, -0.1) is 11.8 Å². The van der Waals surface area contributed by atoms with E-state index >= 15 is 0 Å². The number of thioether (sulfide) groups is 1. The van der Waals surface area contributed by atoms with Crippen molar-refractivity contribution in [1.29, 1.82) is 0 Å². The standard InChI is InChI=1S/C16H13BrF2N2O2S/c17-10-2-1-3-12(6-10)24-9-16(23)20-8-15(22)21-11-4-5-13(18)14(19)7-11/h1-7H,8-9H2,(H,20,23)(H,21,22). The first-order valence-electron chi connectivity index (χ1n) is 6.84. The molecular weight excluding hydrogens is 402 g/mol. The smallest absolute Gasteiger partial charge is 0.243 e. The van der Waals surface area contributed by atoms with Gasteiger partial charge in [-0.25, -0.2) is 8.78 Å². The van der Waals surface area contributed by atoms with Crippen LogP contribution in [0.25, 0.3) is 0 Å². The number of carbonyl (C=O) groups is 2. The zero-order valence-corrected chi connectivity index (χ0v) is 14.7. The minimum Gasteiger partial charge on any atom is -0.346 e. The fraction of sp³-hybridized carbons (Fsp3) is 0.125. The lowest BCUT2D eigenvalue weighted by atomic mass is 10.3. The average molecular weight is 415 g/mol. The molecule has 8 heteroatoms. The van der Waals surface area contributed by atoms with Crippen LogP contribution < -0.4 is 10.6 Å². The van der Waals surface area contributed by atoms with Gasteiger partial charge in [-0.05, 0) is 30.3 Å². The zero-order valence-electron chi connectivity index (χ0n) is 12.3. The molecule has 0 aliphatic heterocycles. The van der Waals surface area contributed by atoms with E-state index in [9.17, 15) is 18.4 Å². The maximum absolute atomic E-state index is 13.0. The number of nitrogens with one attached hydrogen (secondary N) is 2. The van der Waals surface area contributed by atoms with E-state index in [1.807, 2.05) is 24.3 Å². The molecule has 126 valence electrons. The second kappa shape index (κ2) is 8.79. The van der Waals surface area contributed by atoms with E-state index in [-0.39, 0.29) is 23.9 Å². The summed E-state index contributed by atoms with van der Waals surface area (Å²) in [5, 5.41) is 4.84. The van der Waals surface area contributed by atoms with Gasteiger partial charge in [0.15, 0.2) is 11.6 Å². The van der Waals surface area contributed by atoms with Gasteiger partial charge in [0.2, 0.25) is 11.8 Å². The Hall–Kier alpha value is -1.93. The second-order valence-electron chi connectivity index (χ2n) is 4.70. The summed E-state index contributed by atoms with van der Waals surface area (Å²) in [5.41, 5.74) is 0.122. The van der Waals surface area contributed by atoms with Gasteiger partial charge >= 0.3 is 0 Å². The molecule has 0 atom stereocenters. The molecule has 2 rings (SSSR count). The Morgan fingerprint density at radius 2 is 1.83 bits per heavy atom. The normalized spacial score (nSPS) is 10.3. The molecule has 2 amide bonds. The molecule has 0 saturated carbocycles. The molecule has 0 spiro atoms. The summed E-state index contributed by atoms with van der Waals surface area (Å²) in [6.45, 7) is -0.253. The van der Waals surface area contributed by atoms with E-state index in [1.165, 1.54) is 17.8 Å². The average Bonchev–Trinajstić information content (AvgIpc) is 2.54. The van der Waals surface area contributed by atoms with E-state index in [4.69, 9.17) is 0 Å². The highest BCUT2D eigenvalue weighted by atomic mass is 79.9. The predicted octanol–water partition coefficient (Wildman–Crippen LogP) is 3.57. The van der Waals surface area contributed by atoms with Crippen molar-refractivity contribution in [1.82, 2.24) is 5.32 Å². The monoisotopic (exact) mass is 414 g/mol. The zero-order chi connectivity index (χ0) is 17.5. The van der Waals surface area contributed by atoms with Crippen LogP contribution in [-0.4, -0.2) is 24.1 Å². The third-order valence-corrected chi connectivity index (χ3v) is 4.30. The third-order valence-electron chi connectivity index (χ3n) is 2.82. The Morgan fingerprint density at radius 1 is 1.04 bits per heavy atom. The number of benzene rings is 2. The Kier molecular flexibility index (Phi) is 6.74. The highest BCUT2D eigenvalue weighted by Crippen LogP contribution is 2.21. The first-order valence-corrected chi connectivity index (χ1v) is 8.62. The Bertz CT molecular complexity index is 759. The maximum Gasteiger partial charge on any atom is 0.243 e. The molecule has 0 bridgehead atoms. The second-order valence-corrected chi connectivity index (χ2v) is 6.66. The highest BCUT2D eigenvalue weighted by molar-refractivity contribution is 9.10. The van der Waals surface area contributed by atoms with E-state index in [0.29, 0.717) is 0 Å². The third kappa shape index (κ3) is 5.93. The molecular formula is C16H13BrF2N2O2S. The summed E-state index contributed by atoms with van der Waals surface area (Å²) >= 11 is 4.68. The van der Waals surface area contributed by atoms with Crippen molar-refractivity contribution in [3.8, 4) is 0 Å². The lowest BCUT2D eigenvalue weighted by Gasteiger charge is -2.07. The first-order chi connectivity index (χ1) is 11.4. The minimum absolute atomic E-state index is 0.122. The van der Waals surface area contributed by atoms with Crippen LogP contribution in [0.1, 0.15) is 0 Å². The van der Waals surface area contributed by atoms with Gasteiger partial charge < -0.3 is 10.6 Å². The molecule has 0 heterocycles. The molecule has 0 fully saturated rings. The topological polar surface area (TPSA) is 58.2 Å². The van der Waals surface area contributed by atoms with Crippen molar-refractivity contribution >= 4 is 45.2 Å². The fourth-order valence-electron chi connectivity index (χ4n) is 1.71. The van der Waals surface area contributed by atoms with Crippen LogP contribution in [0.3, 0.4) is 0 Å². The molecule has 0 aliphatic carbocycles. The molecule has 4 nitrogen and oxygen atoms in total. The van der Waals surface area contributed by atoms with Crippen LogP contribution in [0, 0.1) is 11.6 Å². The van der Waals surface area contributed by atoms with Crippen LogP contribution >= 0.6 is 27.7 Å². The molecule has 0 radical (unpaired) electrons. The number of rotatable bonds is 6. The van der Waals surface area contributed by atoms with E-state index in [1.54, 1.807) is 0 Å². The number of carbonyl (C=O) groups excluding carboxylic acids is 2. The molecule has 2 aromatic rings. The quantitative estimate of drug-likeness (QED) is 0.710. The molecule has 0 aromatic heterocycles. The molecule has 2 aromatic carbocycles. The maximum atomic E-state index is 13.0. The van der Waals surface area contributed by atoms with Gasteiger partial charge in [0.25, 0.3) is 0 Å². The Morgan fingerprint density at radius 3 is 2.54 bits per heavy atom. The van der Waals surface area contributed by atoms with Gasteiger partial charge in [-0.1, -0.05) is 22.0 Å². The SMILES string of the molecule is O=C(CSc1cccc(Br)c1)NCC(=O)Nc1ccc(F)c(F)c1. The lowest BCUT2D eigenvalue weighted by molar-refractivity contribution is -0.122. The molecule has 24 heavy (non-hydrogen) atoms. The summed E-state index contributed by atoms with van der Waals surface area (Å²) in [6.07, 6.45) is 0. The van der Waals surface area contributed by atoms with Crippen molar-refractivity contribution in [3.05, 3.63) is 58.6 Å². The summed E-state index contributed by atoms with van der Waals surface area (Å²) in [4.78, 5) is 24.3. The summed E-state index contributed by atoms with van der Waals surface area (Å²) in [6, 6.07) is 10.5. The summed E-state index contributed by atoms with van der Waals surface area (Å²) in [7, 11) is 0. The Labute approximate surface area is 150 Å². The van der Waals surface area contributed by atoms with Crippen LogP contribution in [0.15, 0.2) is 51.8 Å². The highest BCUT2D eigenvalue weighted by Gasteiger charge is 2.08. The predicted molar refractivity (Wildman–Crippen MR) is 92.9 cm³/mol. The molecule has 2 N–H and O–H groups in total. The number of hydrogen-bond acceptors (Lipinski definition) is 3. The van der Waals surface area contributed by atoms with Gasteiger partial charge in [0, 0.05) is 21.1 Å². The van der Waals surface area contributed by atoms with Crippen molar-refractivity contribution < 1.29 is 18.4 Å². The van der Waals surface area contributed by atoms with Gasteiger partial charge in [0.05, 0.1) is 12.3 Å². The Balaban J connectivity index is 1.74. The first kappa shape index (κ1) is 18.4. The van der Waals surface area contributed by atoms with Crippen molar-refractivity contribution in [3.63, 3.8) is 0 Å². The van der Waals surface area contributed by atoms with Gasteiger partial charge in [-0.3, -0.25) is 9.59 Å². The fourth-order valence-corrected chi connectivity index (χ4v) is 3.05. The van der Waals surface area contributed by atoms with Crippen molar-refractivity contribution in [2.75, 3.05) is 17.6 Å².